The first-order chi connectivity index (χ1) is 10.0. The fraction of sp³-hybridized carbons (Fsp3) is 0.176. The third-order valence-corrected chi connectivity index (χ3v) is 4.19. The molecule has 1 heterocycles. The molecule has 0 saturated carbocycles. The number of amides is 1. The molecule has 0 radical (unpaired) electrons. The number of carbonyl (C=O) groups excluding carboxylic acids is 2. The summed E-state index contributed by atoms with van der Waals surface area (Å²) in [6, 6.07) is 11.1. The van der Waals surface area contributed by atoms with Crippen molar-refractivity contribution in [1.29, 1.82) is 0 Å². The number of ketones is 1. The molecule has 0 aromatic heterocycles. The molecule has 3 nitrogen and oxygen atoms in total. The minimum atomic E-state index is 0.0136. The summed E-state index contributed by atoms with van der Waals surface area (Å²) in [6.07, 6.45) is 1.16. The maximum absolute atomic E-state index is 12.6. The highest BCUT2D eigenvalue weighted by Gasteiger charge is 2.18. The Hall–Kier alpha value is -1.94. The minimum absolute atomic E-state index is 0.0136. The van der Waals surface area contributed by atoms with Crippen molar-refractivity contribution in [3.8, 4) is 0 Å². The summed E-state index contributed by atoms with van der Waals surface area (Å²) in [5.41, 5.74) is 4.15. The molecule has 0 aliphatic carbocycles. The van der Waals surface area contributed by atoms with Gasteiger partial charge in [-0.05, 0) is 60.9 Å². The van der Waals surface area contributed by atoms with Crippen LogP contribution in [0.15, 0.2) is 40.9 Å². The molecule has 2 aromatic rings. The number of anilines is 1. The lowest BCUT2D eigenvalue weighted by molar-refractivity contribution is -0.116. The normalized spacial score (nSPS) is 13.5. The first-order valence-electron chi connectivity index (χ1n) is 6.78. The topological polar surface area (TPSA) is 46.2 Å². The highest BCUT2D eigenvalue weighted by molar-refractivity contribution is 9.10. The zero-order valence-electron chi connectivity index (χ0n) is 11.6. The van der Waals surface area contributed by atoms with Crippen molar-refractivity contribution in [2.24, 2.45) is 0 Å². The van der Waals surface area contributed by atoms with Crippen LogP contribution in [0.2, 0.25) is 0 Å². The Bertz CT molecular complexity index is 752. The van der Waals surface area contributed by atoms with E-state index in [4.69, 9.17) is 0 Å². The molecule has 0 spiro atoms. The lowest BCUT2D eigenvalue weighted by atomic mass is 9.95. The van der Waals surface area contributed by atoms with Crippen molar-refractivity contribution < 1.29 is 9.59 Å². The third-order valence-electron chi connectivity index (χ3n) is 3.70. The van der Waals surface area contributed by atoms with Crippen LogP contribution in [0.4, 0.5) is 5.69 Å². The average molecular weight is 344 g/mol. The Kier molecular flexibility index (Phi) is 3.64. The van der Waals surface area contributed by atoms with Gasteiger partial charge >= 0.3 is 0 Å². The minimum Gasteiger partial charge on any atom is -0.326 e. The maximum atomic E-state index is 12.6. The van der Waals surface area contributed by atoms with E-state index in [1.54, 1.807) is 6.07 Å². The molecule has 0 bridgehead atoms. The monoisotopic (exact) mass is 343 g/mol. The van der Waals surface area contributed by atoms with Gasteiger partial charge < -0.3 is 5.32 Å². The van der Waals surface area contributed by atoms with Gasteiger partial charge in [-0.25, -0.2) is 0 Å². The predicted octanol–water partition coefficient (Wildman–Crippen LogP) is 3.87. The van der Waals surface area contributed by atoms with Gasteiger partial charge in [0.1, 0.15) is 0 Å². The van der Waals surface area contributed by atoms with E-state index in [0.717, 1.165) is 21.3 Å². The Morgan fingerprint density at radius 1 is 1.14 bits per heavy atom. The molecule has 1 aliphatic heterocycles. The second kappa shape index (κ2) is 5.45. The van der Waals surface area contributed by atoms with Crippen molar-refractivity contribution in [2.45, 2.75) is 19.8 Å². The van der Waals surface area contributed by atoms with Gasteiger partial charge in [0.05, 0.1) is 0 Å². The van der Waals surface area contributed by atoms with Gasteiger partial charge in [0.25, 0.3) is 0 Å². The fourth-order valence-corrected chi connectivity index (χ4v) is 3.04. The molecule has 4 heteroatoms. The molecule has 0 fully saturated rings. The summed E-state index contributed by atoms with van der Waals surface area (Å²) < 4.78 is 0.963. The van der Waals surface area contributed by atoms with E-state index in [1.165, 1.54) is 0 Å². The maximum Gasteiger partial charge on any atom is 0.224 e. The van der Waals surface area contributed by atoms with Crippen LogP contribution in [-0.2, 0) is 11.2 Å². The second-order valence-electron chi connectivity index (χ2n) is 5.21. The number of fused-ring (bicyclic) bond motifs is 1. The molecule has 0 unspecified atom stereocenters. The van der Waals surface area contributed by atoms with Crippen molar-refractivity contribution in [3.63, 3.8) is 0 Å². The number of hydrogen-bond donors (Lipinski definition) is 1. The summed E-state index contributed by atoms with van der Waals surface area (Å²) in [5, 5.41) is 2.83. The fourth-order valence-electron chi connectivity index (χ4n) is 2.56. The quantitative estimate of drug-likeness (QED) is 0.841. The average Bonchev–Trinajstić information content (AvgIpc) is 2.46. The standard InChI is InChI=1S/C17H14BrNO2/c1-10-8-13(18)4-5-14(10)17(21)12-2-6-15-11(9-12)3-7-16(20)19-15/h2,4-6,8-9H,3,7H2,1H3,(H,19,20). The van der Waals surface area contributed by atoms with Crippen LogP contribution < -0.4 is 5.32 Å². The van der Waals surface area contributed by atoms with E-state index in [1.807, 2.05) is 37.3 Å². The Balaban J connectivity index is 1.97. The zero-order valence-corrected chi connectivity index (χ0v) is 13.2. The Labute approximate surface area is 131 Å². The molecular weight excluding hydrogens is 330 g/mol. The molecule has 1 N–H and O–H groups in total. The molecule has 3 rings (SSSR count). The molecule has 1 aliphatic rings. The van der Waals surface area contributed by atoms with E-state index in [-0.39, 0.29) is 11.7 Å². The van der Waals surface area contributed by atoms with Crippen LogP contribution >= 0.6 is 15.9 Å². The van der Waals surface area contributed by atoms with Gasteiger partial charge in [0, 0.05) is 27.7 Å². The van der Waals surface area contributed by atoms with Crippen LogP contribution in [0.3, 0.4) is 0 Å². The molecule has 106 valence electrons. The van der Waals surface area contributed by atoms with Gasteiger partial charge in [0.2, 0.25) is 5.91 Å². The number of hydrogen-bond acceptors (Lipinski definition) is 2. The second-order valence-corrected chi connectivity index (χ2v) is 6.12. The summed E-state index contributed by atoms with van der Waals surface area (Å²) in [4.78, 5) is 24.0. The van der Waals surface area contributed by atoms with Crippen molar-refractivity contribution in [3.05, 3.63) is 63.1 Å². The number of benzene rings is 2. The summed E-state index contributed by atoms with van der Waals surface area (Å²) in [7, 11) is 0. The lowest BCUT2D eigenvalue weighted by Crippen LogP contribution is -2.19. The first-order valence-corrected chi connectivity index (χ1v) is 7.57. The van der Waals surface area contributed by atoms with E-state index in [0.29, 0.717) is 24.0 Å². The SMILES string of the molecule is Cc1cc(Br)ccc1C(=O)c1ccc2c(c1)CCC(=O)N2. The number of carbonyl (C=O) groups is 2. The van der Waals surface area contributed by atoms with E-state index < -0.39 is 0 Å². The summed E-state index contributed by atoms with van der Waals surface area (Å²) in [6.45, 7) is 1.93. The molecule has 1 amide bonds. The number of aryl methyl sites for hydroxylation is 2. The van der Waals surface area contributed by atoms with E-state index >= 15 is 0 Å². The van der Waals surface area contributed by atoms with Crippen LogP contribution in [-0.4, -0.2) is 11.7 Å². The Morgan fingerprint density at radius 3 is 2.71 bits per heavy atom. The van der Waals surface area contributed by atoms with Crippen LogP contribution in [0, 0.1) is 6.92 Å². The van der Waals surface area contributed by atoms with Crippen molar-refractivity contribution in [2.75, 3.05) is 5.32 Å². The van der Waals surface area contributed by atoms with Crippen LogP contribution in [0.25, 0.3) is 0 Å². The lowest BCUT2D eigenvalue weighted by Gasteiger charge is -2.17. The Morgan fingerprint density at radius 2 is 1.95 bits per heavy atom. The van der Waals surface area contributed by atoms with Crippen LogP contribution in [0.5, 0.6) is 0 Å². The molecular formula is C17H14BrNO2. The first kappa shape index (κ1) is 14.0. The van der Waals surface area contributed by atoms with Crippen molar-refractivity contribution >= 4 is 33.3 Å². The van der Waals surface area contributed by atoms with Crippen LogP contribution in [0.1, 0.15) is 33.5 Å². The number of rotatable bonds is 2. The van der Waals surface area contributed by atoms with Gasteiger partial charge in [-0.3, -0.25) is 9.59 Å². The van der Waals surface area contributed by atoms with Gasteiger partial charge in [-0.2, -0.15) is 0 Å². The molecule has 21 heavy (non-hydrogen) atoms. The highest BCUT2D eigenvalue weighted by atomic mass is 79.9. The molecule has 2 aromatic carbocycles. The summed E-state index contributed by atoms with van der Waals surface area (Å²) >= 11 is 3.41. The summed E-state index contributed by atoms with van der Waals surface area (Å²) in [5.74, 6) is 0.0463. The number of halogens is 1. The van der Waals surface area contributed by atoms with Gasteiger partial charge in [0.15, 0.2) is 5.78 Å². The van der Waals surface area contributed by atoms with E-state index in [2.05, 4.69) is 21.2 Å². The smallest absolute Gasteiger partial charge is 0.224 e. The predicted molar refractivity (Wildman–Crippen MR) is 85.7 cm³/mol. The zero-order chi connectivity index (χ0) is 15.0. The molecule has 0 saturated heterocycles. The third kappa shape index (κ3) is 2.76. The van der Waals surface area contributed by atoms with E-state index in [9.17, 15) is 9.59 Å². The van der Waals surface area contributed by atoms with Gasteiger partial charge in [-0.1, -0.05) is 15.9 Å². The van der Waals surface area contributed by atoms with Gasteiger partial charge in [-0.15, -0.1) is 0 Å². The largest absolute Gasteiger partial charge is 0.326 e. The van der Waals surface area contributed by atoms with Crippen molar-refractivity contribution in [1.82, 2.24) is 0 Å². The number of nitrogens with one attached hydrogen (secondary N) is 1. The highest BCUT2D eigenvalue weighted by Crippen LogP contribution is 2.26. The molecule has 0 atom stereocenters.